The van der Waals surface area contributed by atoms with Crippen LogP contribution in [0.5, 0.6) is 0 Å². The number of amides is 1. The van der Waals surface area contributed by atoms with Gasteiger partial charge in [0.15, 0.2) is 0 Å². The summed E-state index contributed by atoms with van der Waals surface area (Å²) in [5.74, 6) is 1.17. The lowest BCUT2D eigenvalue weighted by Gasteiger charge is -2.35. The van der Waals surface area contributed by atoms with Gasteiger partial charge < -0.3 is 15.3 Å². The van der Waals surface area contributed by atoms with E-state index >= 15 is 0 Å². The first-order valence-corrected chi connectivity index (χ1v) is 10.7. The first-order chi connectivity index (χ1) is 13.5. The Balaban J connectivity index is 1.56. The van der Waals surface area contributed by atoms with Crippen molar-refractivity contribution < 1.29 is 9.90 Å². The number of nitrogens with zero attached hydrogens (tertiary/aromatic N) is 2. The molecule has 0 bridgehead atoms. The number of anilines is 1. The van der Waals surface area contributed by atoms with Crippen LogP contribution in [0.4, 0.5) is 5.82 Å². The molecule has 1 aromatic heterocycles. The normalized spacial score (nSPS) is 25.2. The van der Waals surface area contributed by atoms with E-state index < -0.39 is 5.60 Å². The van der Waals surface area contributed by atoms with Crippen molar-refractivity contribution in [1.82, 2.24) is 10.3 Å². The summed E-state index contributed by atoms with van der Waals surface area (Å²) in [5.41, 5.74) is 0.377. The molecule has 6 heteroatoms. The van der Waals surface area contributed by atoms with Crippen LogP contribution < -0.4 is 10.2 Å². The number of hydrogen-bond donors (Lipinski definition) is 2. The monoisotopic (exact) mass is 401 g/mol. The number of carbonyl (C=O) groups excluding carboxylic acids is 1. The molecule has 2 N–H and O–H groups in total. The van der Waals surface area contributed by atoms with Crippen molar-refractivity contribution in [1.29, 1.82) is 0 Å². The number of hydrogen-bond acceptors (Lipinski definition) is 4. The third-order valence-electron chi connectivity index (χ3n) is 6.11. The Hall–Kier alpha value is -1.85. The van der Waals surface area contributed by atoms with Crippen LogP contribution in [0.2, 0.25) is 5.02 Å². The molecule has 2 aromatic rings. The van der Waals surface area contributed by atoms with Crippen molar-refractivity contribution in [2.75, 3.05) is 24.5 Å². The lowest BCUT2D eigenvalue weighted by atomic mass is 9.79. The first-order valence-electron chi connectivity index (χ1n) is 10.3. The molecule has 150 valence electrons. The maximum Gasteiger partial charge on any atom is 0.253 e. The number of halogens is 1. The summed E-state index contributed by atoms with van der Waals surface area (Å²) in [6.45, 7) is 4.45. The van der Waals surface area contributed by atoms with Crippen LogP contribution in [0.1, 0.15) is 55.8 Å². The smallest absolute Gasteiger partial charge is 0.253 e. The predicted molar refractivity (Wildman–Crippen MR) is 113 cm³/mol. The second-order valence-corrected chi connectivity index (χ2v) is 8.87. The number of pyridine rings is 1. The lowest BCUT2D eigenvalue weighted by molar-refractivity contribution is -0.0109. The molecule has 1 aliphatic carbocycles. The molecule has 5 nitrogen and oxygen atoms in total. The molecule has 2 aliphatic rings. The van der Waals surface area contributed by atoms with Gasteiger partial charge in [0.2, 0.25) is 0 Å². The van der Waals surface area contributed by atoms with Gasteiger partial charge in [-0.1, -0.05) is 31.4 Å². The second-order valence-electron chi connectivity index (χ2n) is 8.46. The van der Waals surface area contributed by atoms with E-state index in [1.807, 2.05) is 18.2 Å². The van der Waals surface area contributed by atoms with E-state index in [0.29, 0.717) is 16.5 Å². The number of carbonyl (C=O) groups is 1. The molecule has 0 radical (unpaired) electrons. The van der Waals surface area contributed by atoms with Crippen LogP contribution >= 0.6 is 11.6 Å². The van der Waals surface area contributed by atoms with Crippen LogP contribution in [0, 0.1) is 5.92 Å². The molecule has 1 aliphatic heterocycles. The van der Waals surface area contributed by atoms with E-state index in [-0.39, 0.29) is 12.5 Å². The third-order valence-corrected chi connectivity index (χ3v) is 6.42. The number of nitrogens with one attached hydrogen (secondary N) is 1. The highest BCUT2D eigenvalue weighted by molar-refractivity contribution is 6.35. The summed E-state index contributed by atoms with van der Waals surface area (Å²) in [4.78, 5) is 20.0. The van der Waals surface area contributed by atoms with E-state index in [0.717, 1.165) is 55.5 Å². The van der Waals surface area contributed by atoms with E-state index in [2.05, 4.69) is 17.1 Å². The molecule has 2 heterocycles. The Morgan fingerprint density at radius 3 is 2.82 bits per heavy atom. The van der Waals surface area contributed by atoms with Crippen molar-refractivity contribution >= 4 is 34.2 Å². The Morgan fingerprint density at radius 2 is 2.07 bits per heavy atom. The molecule has 1 aromatic carbocycles. The average molecular weight is 402 g/mol. The molecular formula is C22H28ClN3O2. The molecule has 1 amide bonds. The summed E-state index contributed by atoms with van der Waals surface area (Å²) in [5, 5.41) is 14.9. The maximum atomic E-state index is 12.9. The molecule has 28 heavy (non-hydrogen) atoms. The minimum atomic E-state index is -0.828. The fourth-order valence-electron chi connectivity index (χ4n) is 4.65. The largest absolute Gasteiger partial charge is 0.388 e. The van der Waals surface area contributed by atoms with Gasteiger partial charge in [0.25, 0.3) is 5.91 Å². The molecule has 1 saturated heterocycles. The van der Waals surface area contributed by atoms with Gasteiger partial charge in [-0.15, -0.1) is 0 Å². The Morgan fingerprint density at radius 1 is 1.29 bits per heavy atom. The van der Waals surface area contributed by atoms with Gasteiger partial charge in [0, 0.05) is 25.0 Å². The maximum absolute atomic E-state index is 12.9. The molecule has 0 spiro atoms. The van der Waals surface area contributed by atoms with Crippen molar-refractivity contribution in [2.24, 2.45) is 5.92 Å². The molecule has 2 fully saturated rings. The lowest BCUT2D eigenvalue weighted by Crippen LogP contribution is -2.45. The molecular weight excluding hydrogens is 374 g/mol. The highest BCUT2D eigenvalue weighted by Crippen LogP contribution is 2.32. The average Bonchev–Trinajstić information content (AvgIpc) is 3.20. The minimum absolute atomic E-state index is 0.252. The standard InChI is InChI=1S/C22H28ClN3O2/c1-15-5-4-10-22(28,13-15)14-24-21(27)20-16-6-9-19(26-11-2-3-12-26)25-18(16)8-7-17(20)23/h6-9,15,28H,2-5,10-14H2,1H3,(H,24,27)/t15-,22-/m1/s1. The van der Waals surface area contributed by atoms with Crippen molar-refractivity contribution in [3.8, 4) is 0 Å². The van der Waals surface area contributed by atoms with Crippen molar-refractivity contribution in [3.63, 3.8) is 0 Å². The number of rotatable bonds is 4. The summed E-state index contributed by atoms with van der Waals surface area (Å²) in [7, 11) is 0. The fourth-order valence-corrected chi connectivity index (χ4v) is 4.90. The van der Waals surface area contributed by atoms with Gasteiger partial charge in [-0.05, 0) is 55.9 Å². The summed E-state index contributed by atoms with van der Waals surface area (Å²) in [6.07, 6.45) is 5.95. The van der Waals surface area contributed by atoms with E-state index in [9.17, 15) is 9.90 Å². The van der Waals surface area contributed by atoms with Gasteiger partial charge in [0.05, 0.1) is 21.7 Å². The quantitative estimate of drug-likeness (QED) is 0.807. The summed E-state index contributed by atoms with van der Waals surface area (Å²) in [6, 6.07) is 7.51. The summed E-state index contributed by atoms with van der Waals surface area (Å²) >= 11 is 6.38. The molecule has 2 atom stereocenters. The van der Waals surface area contributed by atoms with Crippen LogP contribution in [-0.4, -0.2) is 41.2 Å². The van der Waals surface area contributed by atoms with Gasteiger partial charge in [-0.3, -0.25) is 4.79 Å². The third kappa shape index (κ3) is 3.96. The molecule has 1 saturated carbocycles. The van der Waals surface area contributed by atoms with Crippen molar-refractivity contribution in [2.45, 2.75) is 51.0 Å². The molecule has 4 rings (SSSR count). The van der Waals surface area contributed by atoms with Crippen LogP contribution in [0.3, 0.4) is 0 Å². The van der Waals surface area contributed by atoms with Gasteiger partial charge in [0.1, 0.15) is 5.82 Å². The Kier molecular flexibility index (Phi) is 5.48. The highest BCUT2D eigenvalue weighted by Gasteiger charge is 2.33. The van der Waals surface area contributed by atoms with Crippen LogP contribution in [0.25, 0.3) is 10.9 Å². The first kappa shape index (κ1) is 19.5. The van der Waals surface area contributed by atoms with E-state index in [4.69, 9.17) is 16.6 Å². The van der Waals surface area contributed by atoms with Crippen LogP contribution in [0.15, 0.2) is 24.3 Å². The number of aliphatic hydroxyl groups is 1. The zero-order valence-corrected chi connectivity index (χ0v) is 17.1. The number of fused-ring (bicyclic) bond motifs is 1. The van der Waals surface area contributed by atoms with Gasteiger partial charge in [-0.25, -0.2) is 4.98 Å². The minimum Gasteiger partial charge on any atom is -0.388 e. The Labute approximate surface area is 171 Å². The number of aromatic nitrogens is 1. The van der Waals surface area contributed by atoms with E-state index in [1.165, 1.54) is 12.8 Å². The zero-order chi connectivity index (χ0) is 19.7. The van der Waals surface area contributed by atoms with Gasteiger partial charge >= 0.3 is 0 Å². The topological polar surface area (TPSA) is 65.5 Å². The predicted octanol–water partition coefficient (Wildman–Crippen LogP) is 4.16. The second kappa shape index (κ2) is 7.88. The van der Waals surface area contributed by atoms with E-state index in [1.54, 1.807) is 6.07 Å². The Bertz CT molecular complexity index is 881. The summed E-state index contributed by atoms with van der Waals surface area (Å²) < 4.78 is 0. The number of benzene rings is 1. The van der Waals surface area contributed by atoms with Gasteiger partial charge in [-0.2, -0.15) is 0 Å². The zero-order valence-electron chi connectivity index (χ0n) is 16.4. The SMILES string of the molecule is C[C@@H]1CCC[C@](O)(CNC(=O)c2c(Cl)ccc3nc(N4CCCC4)ccc23)C1. The fraction of sp³-hybridized carbons (Fsp3) is 0.545. The van der Waals surface area contributed by atoms with Crippen LogP contribution in [-0.2, 0) is 0 Å². The molecule has 0 unspecified atom stereocenters. The van der Waals surface area contributed by atoms with Crippen molar-refractivity contribution in [3.05, 3.63) is 34.9 Å². The highest BCUT2D eigenvalue weighted by atomic mass is 35.5.